The van der Waals surface area contributed by atoms with Crippen molar-refractivity contribution >= 4 is 34.8 Å². The fraction of sp³-hybridized carbons (Fsp3) is 0.190. The molecule has 0 fully saturated rings. The Morgan fingerprint density at radius 2 is 1.96 bits per heavy atom. The first-order valence-electron chi connectivity index (χ1n) is 8.60. The molecule has 1 unspecified atom stereocenters. The van der Waals surface area contributed by atoms with Crippen LogP contribution in [0.15, 0.2) is 52.9 Å². The van der Waals surface area contributed by atoms with E-state index in [2.05, 4.69) is 5.32 Å². The molecule has 2 aromatic carbocycles. The number of aliphatic hydroxyl groups excluding tert-OH is 1. The van der Waals surface area contributed by atoms with E-state index in [0.717, 1.165) is 11.1 Å². The molecule has 28 heavy (non-hydrogen) atoms. The second kappa shape index (κ2) is 8.69. The van der Waals surface area contributed by atoms with Crippen LogP contribution in [-0.2, 0) is 11.4 Å². The van der Waals surface area contributed by atoms with Crippen LogP contribution in [0.2, 0.25) is 10.0 Å². The Hall–Kier alpha value is -2.47. The van der Waals surface area contributed by atoms with E-state index in [9.17, 15) is 4.79 Å². The summed E-state index contributed by atoms with van der Waals surface area (Å²) in [5.41, 5.74) is 2.32. The molecule has 1 atom stereocenters. The minimum atomic E-state index is -0.772. The molecule has 3 aromatic rings. The van der Waals surface area contributed by atoms with Gasteiger partial charge in [-0.2, -0.15) is 0 Å². The number of aryl methyl sites for hydroxylation is 1. The van der Waals surface area contributed by atoms with Crippen LogP contribution in [0.3, 0.4) is 0 Å². The number of halogens is 2. The summed E-state index contributed by atoms with van der Waals surface area (Å²) in [5.74, 6) is 1.15. The van der Waals surface area contributed by atoms with Crippen molar-refractivity contribution in [2.24, 2.45) is 0 Å². The minimum absolute atomic E-state index is 0.169. The summed E-state index contributed by atoms with van der Waals surface area (Å²) in [6.07, 6.45) is -0.772. The zero-order valence-corrected chi connectivity index (χ0v) is 16.8. The van der Waals surface area contributed by atoms with Crippen molar-refractivity contribution in [1.29, 1.82) is 0 Å². The molecule has 0 bridgehead atoms. The highest BCUT2D eigenvalue weighted by atomic mass is 35.5. The number of amides is 1. The fourth-order valence-corrected chi connectivity index (χ4v) is 3.03. The molecular formula is C21H19Cl2NO4. The number of hydrogen-bond acceptors (Lipinski definition) is 4. The molecule has 0 aliphatic carbocycles. The standard InChI is InChI=1S/C21H19Cl2NO4/c1-12-3-4-14(19-8-6-16(11-25)28-19)9-18(12)24-21(26)13(2)27-20-7-5-15(22)10-17(20)23/h3-10,13,25H,11H2,1-2H3,(H,24,26). The van der Waals surface area contributed by atoms with Gasteiger partial charge < -0.3 is 19.6 Å². The molecule has 0 radical (unpaired) electrons. The average molecular weight is 420 g/mol. The molecule has 3 rings (SSSR count). The Kier molecular flexibility index (Phi) is 6.29. The lowest BCUT2D eigenvalue weighted by atomic mass is 10.1. The van der Waals surface area contributed by atoms with Gasteiger partial charge in [0.2, 0.25) is 0 Å². The second-order valence-corrected chi connectivity index (χ2v) is 7.12. The first kappa shape index (κ1) is 20.3. The molecule has 0 saturated heterocycles. The molecule has 1 amide bonds. The molecule has 1 heterocycles. The van der Waals surface area contributed by atoms with Gasteiger partial charge in [0, 0.05) is 16.3 Å². The van der Waals surface area contributed by atoms with E-state index >= 15 is 0 Å². The van der Waals surface area contributed by atoms with Crippen molar-refractivity contribution in [2.75, 3.05) is 5.32 Å². The molecule has 146 valence electrons. The van der Waals surface area contributed by atoms with E-state index in [4.69, 9.17) is 37.5 Å². The lowest BCUT2D eigenvalue weighted by molar-refractivity contribution is -0.122. The van der Waals surface area contributed by atoms with Crippen molar-refractivity contribution in [1.82, 2.24) is 0 Å². The summed E-state index contributed by atoms with van der Waals surface area (Å²) in [5, 5.41) is 12.8. The topological polar surface area (TPSA) is 71.7 Å². The molecule has 0 aliphatic heterocycles. The van der Waals surface area contributed by atoms with Gasteiger partial charge in [-0.1, -0.05) is 35.3 Å². The molecule has 1 aromatic heterocycles. The van der Waals surface area contributed by atoms with Gasteiger partial charge in [0.25, 0.3) is 5.91 Å². The number of anilines is 1. The van der Waals surface area contributed by atoms with Crippen molar-refractivity contribution in [3.05, 3.63) is 69.9 Å². The Morgan fingerprint density at radius 1 is 1.18 bits per heavy atom. The third-order valence-corrected chi connectivity index (χ3v) is 4.69. The number of nitrogens with one attached hydrogen (secondary N) is 1. The largest absolute Gasteiger partial charge is 0.479 e. The van der Waals surface area contributed by atoms with Crippen molar-refractivity contribution < 1.29 is 19.1 Å². The number of furan rings is 1. The zero-order valence-electron chi connectivity index (χ0n) is 15.3. The zero-order chi connectivity index (χ0) is 20.3. The molecular weight excluding hydrogens is 401 g/mol. The summed E-state index contributed by atoms with van der Waals surface area (Å²) in [7, 11) is 0. The monoisotopic (exact) mass is 419 g/mol. The van der Waals surface area contributed by atoms with E-state index in [0.29, 0.717) is 33.0 Å². The van der Waals surface area contributed by atoms with E-state index in [1.807, 2.05) is 25.1 Å². The van der Waals surface area contributed by atoms with Gasteiger partial charge in [0.05, 0.1) is 5.02 Å². The maximum absolute atomic E-state index is 12.6. The summed E-state index contributed by atoms with van der Waals surface area (Å²) in [6.45, 7) is 3.36. The SMILES string of the molecule is Cc1ccc(-c2ccc(CO)o2)cc1NC(=O)C(C)Oc1ccc(Cl)cc1Cl. The van der Waals surface area contributed by atoms with Gasteiger partial charge in [-0.25, -0.2) is 0 Å². The maximum Gasteiger partial charge on any atom is 0.265 e. The van der Waals surface area contributed by atoms with E-state index in [1.54, 1.807) is 37.3 Å². The van der Waals surface area contributed by atoms with Crippen LogP contribution in [0, 0.1) is 6.92 Å². The Labute approximate surface area is 172 Å². The predicted molar refractivity (Wildman–Crippen MR) is 110 cm³/mol. The van der Waals surface area contributed by atoms with Crippen molar-refractivity contribution in [3.63, 3.8) is 0 Å². The van der Waals surface area contributed by atoms with Gasteiger partial charge in [0.15, 0.2) is 6.10 Å². The number of carbonyl (C=O) groups excluding carboxylic acids is 1. The Balaban J connectivity index is 1.74. The average Bonchev–Trinajstić information content (AvgIpc) is 3.15. The second-order valence-electron chi connectivity index (χ2n) is 6.28. The van der Waals surface area contributed by atoms with Crippen LogP contribution in [0.5, 0.6) is 5.75 Å². The third kappa shape index (κ3) is 4.68. The van der Waals surface area contributed by atoms with Gasteiger partial charge in [-0.05, 0) is 55.8 Å². The van der Waals surface area contributed by atoms with Crippen molar-refractivity contribution in [3.8, 4) is 17.1 Å². The summed E-state index contributed by atoms with van der Waals surface area (Å²) >= 11 is 12.0. The normalized spacial score (nSPS) is 11.9. The third-order valence-electron chi connectivity index (χ3n) is 4.16. The van der Waals surface area contributed by atoms with Gasteiger partial charge in [0.1, 0.15) is 23.9 Å². The fourth-order valence-electron chi connectivity index (χ4n) is 2.58. The quantitative estimate of drug-likeness (QED) is 0.556. The summed E-state index contributed by atoms with van der Waals surface area (Å²) in [4.78, 5) is 12.6. The summed E-state index contributed by atoms with van der Waals surface area (Å²) < 4.78 is 11.2. The molecule has 7 heteroatoms. The lowest BCUT2D eigenvalue weighted by Gasteiger charge is -2.17. The summed E-state index contributed by atoms with van der Waals surface area (Å²) in [6, 6.07) is 13.9. The van der Waals surface area contributed by atoms with Crippen LogP contribution in [0.25, 0.3) is 11.3 Å². The molecule has 0 saturated carbocycles. The minimum Gasteiger partial charge on any atom is -0.479 e. The number of rotatable bonds is 6. The highest BCUT2D eigenvalue weighted by Gasteiger charge is 2.18. The van der Waals surface area contributed by atoms with Gasteiger partial charge >= 0.3 is 0 Å². The highest BCUT2D eigenvalue weighted by molar-refractivity contribution is 6.35. The molecule has 0 spiro atoms. The predicted octanol–water partition coefficient (Wildman–Crippen LogP) is 5.46. The number of ether oxygens (including phenoxy) is 1. The van der Waals surface area contributed by atoms with E-state index in [-0.39, 0.29) is 12.5 Å². The van der Waals surface area contributed by atoms with Gasteiger partial charge in [-0.3, -0.25) is 4.79 Å². The van der Waals surface area contributed by atoms with Crippen LogP contribution < -0.4 is 10.1 Å². The van der Waals surface area contributed by atoms with Crippen LogP contribution in [-0.4, -0.2) is 17.1 Å². The van der Waals surface area contributed by atoms with Crippen LogP contribution >= 0.6 is 23.2 Å². The maximum atomic E-state index is 12.6. The number of hydrogen-bond donors (Lipinski definition) is 2. The number of carbonyl (C=O) groups is 1. The Morgan fingerprint density at radius 3 is 2.64 bits per heavy atom. The first-order chi connectivity index (χ1) is 13.4. The van der Waals surface area contributed by atoms with Crippen LogP contribution in [0.4, 0.5) is 5.69 Å². The number of aliphatic hydroxyl groups is 1. The molecule has 5 nitrogen and oxygen atoms in total. The Bertz CT molecular complexity index is 1000. The van der Waals surface area contributed by atoms with E-state index in [1.165, 1.54) is 0 Å². The highest BCUT2D eigenvalue weighted by Crippen LogP contribution is 2.29. The van der Waals surface area contributed by atoms with E-state index < -0.39 is 6.10 Å². The van der Waals surface area contributed by atoms with Crippen molar-refractivity contribution in [2.45, 2.75) is 26.6 Å². The van der Waals surface area contributed by atoms with Crippen LogP contribution in [0.1, 0.15) is 18.2 Å². The number of benzene rings is 2. The molecule has 0 aliphatic rings. The first-order valence-corrected chi connectivity index (χ1v) is 9.36. The van der Waals surface area contributed by atoms with Gasteiger partial charge in [-0.15, -0.1) is 0 Å². The molecule has 2 N–H and O–H groups in total. The smallest absolute Gasteiger partial charge is 0.265 e. The lowest BCUT2D eigenvalue weighted by Crippen LogP contribution is -2.30.